The second-order valence-corrected chi connectivity index (χ2v) is 4.03. The zero-order valence-electron chi connectivity index (χ0n) is 9.83. The molecule has 2 aromatic heterocycles. The number of aromatic nitrogens is 6. The van der Waals surface area contributed by atoms with Crippen LogP contribution in [0.2, 0.25) is 0 Å². The quantitative estimate of drug-likeness (QED) is 0.486. The van der Waals surface area contributed by atoms with Gasteiger partial charge in [0.25, 0.3) is 0 Å². The van der Waals surface area contributed by atoms with E-state index in [1.54, 1.807) is 12.5 Å². The molecule has 2 heterocycles. The van der Waals surface area contributed by atoms with Gasteiger partial charge in [-0.1, -0.05) is 0 Å². The molecule has 17 heavy (non-hydrogen) atoms. The highest BCUT2D eigenvalue weighted by molar-refractivity contribution is 5.04. The maximum atomic E-state index is 5.52. The summed E-state index contributed by atoms with van der Waals surface area (Å²) in [5, 5.41) is 14.5. The fraction of sp³-hybridized carbons (Fsp3) is 0.556. The smallest absolute Gasteiger partial charge is 0.138 e. The average molecular weight is 236 g/mol. The molecule has 92 valence electrons. The van der Waals surface area contributed by atoms with Gasteiger partial charge in [-0.15, -0.1) is 0 Å². The van der Waals surface area contributed by atoms with E-state index in [2.05, 4.69) is 44.8 Å². The summed E-state index contributed by atoms with van der Waals surface area (Å²) in [4.78, 5) is 4.23. The molecule has 2 aromatic rings. The Balaban J connectivity index is 2.16. The first-order valence-corrected chi connectivity index (χ1v) is 5.42. The van der Waals surface area contributed by atoms with Crippen LogP contribution in [0.15, 0.2) is 12.5 Å². The molecule has 0 fully saturated rings. The summed E-state index contributed by atoms with van der Waals surface area (Å²) in [6.45, 7) is 4.11. The Morgan fingerprint density at radius 1 is 1.53 bits per heavy atom. The summed E-state index contributed by atoms with van der Waals surface area (Å²) in [6, 6.07) is 0.138. The van der Waals surface area contributed by atoms with Crippen molar-refractivity contribution in [1.29, 1.82) is 0 Å². The molecule has 8 heteroatoms. The van der Waals surface area contributed by atoms with Gasteiger partial charge in [-0.25, -0.2) is 9.67 Å². The number of hydrazine groups is 1. The third-order valence-corrected chi connectivity index (χ3v) is 2.51. The molecule has 0 saturated carbocycles. The molecule has 1 atom stereocenters. The predicted molar refractivity (Wildman–Crippen MR) is 60.6 cm³/mol. The van der Waals surface area contributed by atoms with Gasteiger partial charge in [0.15, 0.2) is 0 Å². The lowest BCUT2D eigenvalue weighted by Crippen LogP contribution is -2.31. The van der Waals surface area contributed by atoms with Crippen LogP contribution in [0.5, 0.6) is 0 Å². The summed E-state index contributed by atoms with van der Waals surface area (Å²) in [6.07, 6.45) is 3.80. The molecule has 0 bridgehead atoms. The third kappa shape index (κ3) is 2.48. The van der Waals surface area contributed by atoms with Gasteiger partial charge >= 0.3 is 0 Å². The summed E-state index contributed by atoms with van der Waals surface area (Å²) in [5.41, 5.74) is 3.46. The SMILES string of the molecule is CC(C)n1ncnc1CC(NN)c1cn[nH]n1. The predicted octanol–water partition coefficient (Wildman–Crippen LogP) is -0.276. The highest BCUT2D eigenvalue weighted by Gasteiger charge is 2.17. The standard InChI is InChI=1S/C9H16N8/c1-6(2)17-9(11-5-13-17)3-7(14-10)8-4-12-16-15-8/h4-7,14H,3,10H2,1-2H3,(H,12,15,16). The normalized spacial score (nSPS) is 13.2. The first-order valence-electron chi connectivity index (χ1n) is 5.42. The zero-order valence-corrected chi connectivity index (χ0v) is 9.83. The topological polar surface area (TPSA) is 110 Å². The Morgan fingerprint density at radius 2 is 2.35 bits per heavy atom. The largest absolute Gasteiger partial charge is 0.271 e. The van der Waals surface area contributed by atoms with Crippen LogP contribution < -0.4 is 11.3 Å². The number of nitrogens with one attached hydrogen (secondary N) is 2. The van der Waals surface area contributed by atoms with E-state index in [9.17, 15) is 0 Å². The highest BCUT2D eigenvalue weighted by Crippen LogP contribution is 2.15. The van der Waals surface area contributed by atoms with Crippen molar-refractivity contribution in [3.63, 3.8) is 0 Å². The molecule has 0 amide bonds. The van der Waals surface area contributed by atoms with Crippen molar-refractivity contribution in [2.24, 2.45) is 5.84 Å². The van der Waals surface area contributed by atoms with Crippen molar-refractivity contribution >= 4 is 0 Å². The molecule has 0 aliphatic carbocycles. The molecule has 0 aliphatic rings. The lowest BCUT2D eigenvalue weighted by atomic mass is 10.1. The van der Waals surface area contributed by atoms with E-state index in [1.807, 2.05) is 4.68 Å². The van der Waals surface area contributed by atoms with E-state index in [-0.39, 0.29) is 12.1 Å². The molecule has 0 radical (unpaired) electrons. The van der Waals surface area contributed by atoms with Gasteiger partial charge in [0.05, 0.1) is 12.2 Å². The van der Waals surface area contributed by atoms with Crippen LogP contribution in [0.25, 0.3) is 0 Å². The van der Waals surface area contributed by atoms with Gasteiger partial charge in [0.2, 0.25) is 0 Å². The highest BCUT2D eigenvalue weighted by atomic mass is 15.4. The monoisotopic (exact) mass is 236 g/mol. The Morgan fingerprint density at radius 3 is 2.94 bits per heavy atom. The van der Waals surface area contributed by atoms with Crippen LogP contribution in [0.1, 0.15) is 37.4 Å². The lowest BCUT2D eigenvalue weighted by Gasteiger charge is -2.14. The van der Waals surface area contributed by atoms with Crippen LogP contribution in [0, 0.1) is 0 Å². The van der Waals surface area contributed by atoms with Crippen LogP contribution >= 0.6 is 0 Å². The summed E-state index contributed by atoms with van der Waals surface area (Å²) >= 11 is 0. The molecule has 4 N–H and O–H groups in total. The van der Waals surface area contributed by atoms with E-state index in [0.29, 0.717) is 6.42 Å². The van der Waals surface area contributed by atoms with Gasteiger partial charge in [0.1, 0.15) is 17.8 Å². The maximum Gasteiger partial charge on any atom is 0.138 e. The van der Waals surface area contributed by atoms with Crippen LogP contribution in [-0.4, -0.2) is 30.2 Å². The van der Waals surface area contributed by atoms with E-state index in [1.165, 1.54) is 0 Å². The van der Waals surface area contributed by atoms with Crippen molar-refractivity contribution in [1.82, 2.24) is 35.6 Å². The number of nitrogens with two attached hydrogens (primary N) is 1. The van der Waals surface area contributed by atoms with E-state index in [4.69, 9.17) is 5.84 Å². The minimum atomic E-state index is -0.129. The molecule has 0 aliphatic heterocycles. The molecule has 0 saturated heterocycles. The molecule has 1 unspecified atom stereocenters. The summed E-state index contributed by atoms with van der Waals surface area (Å²) in [5.74, 6) is 6.38. The number of rotatable bonds is 5. The van der Waals surface area contributed by atoms with E-state index in [0.717, 1.165) is 11.5 Å². The third-order valence-electron chi connectivity index (χ3n) is 2.51. The summed E-state index contributed by atoms with van der Waals surface area (Å²) < 4.78 is 1.87. The van der Waals surface area contributed by atoms with Gasteiger partial charge in [0, 0.05) is 12.5 Å². The number of H-pyrrole nitrogens is 1. The second kappa shape index (κ2) is 5.02. The number of aromatic amines is 1. The summed E-state index contributed by atoms with van der Waals surface area (Å²) in [7, 11) is 0. The van der Waals surface area contributed by atoms with Crippen molar-refractivity contribution in [2.45, 2.75) is 32.4 Å². The Labute approximate surface area is 98.6 Å². The Kier molecular flexibility index (Phi) is 3.45. The van der Waals surface area contributed by atoms with E-state index < -0.39 is 0 Å². The van der Waals surface area contributed by atoms with Crippen molar-refractivity contribution < 1.29 is 0 Å². The maximum absolute atomic E-state index is 5.52. The number of hydrogen-bond donors (Lipinski definition) is 3. The number of nitrogens with zero attached hydrogens (tertiary/aromatic N) is 5. The molecular weight excluding hydrogens is 220 g/mol. The molecule has 8 nitrogen and oxygen atoms in total. The average Bonchev–Trinajstić information content (AvgIpc) is 2.96. The second-order valence-electron chi connectivity index (χ2n) is 4.03. The Hall–Kier alpha value is -1.80. The fourth-order valence-electron chi connectivity index (χ4n) is 1.66. The number of hydrogen-bond acceptors (Lipinski definition) is 6. The van der Waals surface area contributed by atoms with Crippen molar-refractivity contribution in [3.05, 3.63) is 24.0 Å². The van der Waals surface area contributed by atoms with Crippen molar-refractivity contribution in [3.8, 4) is 0 Å². The van der Waals surface area contributed by atoms with Gasteiger partial charge < -0.3 is 0 Å². The molecule has 0 aromatic carbocycles. The van der Waals surface area contributed by atoms with Crippen LogP contribution in [0.3, 0.4) is 0 Å². The molecule has 0 spiro atoms. The lowest BCUT2D eigenvalue weighted by molar-refractivity contribution is 0.463. The van der Waals surface area contributed by atoms with Crippen LogP contribution in [-0.2, 0) is 6.42 Å². The Bertz CT molecular complexity index is 445. The zero-order chi connectivity index (χ0) is 12.3. The van der Waals surface area contributed by atoms with Gasteiger partial charge in [-0.05, 0) is 13.8 Å². The first kappa shape index (κ1) is 11.7. The molecule has 2 rings (SSSR count). The van der Waals surface area contributed by atoms with E-state index >= 15 is 0 Å². The molecular formula is C9H16N8. The van der Waals surface area contributed by atoms with Crippen molar-refractivity contribution in [2.75, 3.05) is 0 Å². The van der Waals surface area contributed by atoms with Gasteiger partial charge in [-0.3, -0.25) is 11.3 Å². The van der Waals surface area contributed by atoms with Gasteiger partial charge in [-0.2, -0.15) is 20.5 Å². The first-order chi connectivity index (χ1) is 8.22. The minimum Gasteiger partial charge on any atom is -0.271 e. The minimum absolute atomic E-state index is 0.129. The fourth-order valence-corrected chi connectivity index (χ4v) is 1.66. The van der Waals surface area contributed by atoms with Crippen LogP contribution in [0.4, 0.5) is 0 Å².